The number of carbonyl (C=O) groups is 1. The predicted octanol–water partition coefficient (Wildman–Crippen LogP) is 3.92. The van der Waals surface area contributed by atoms with E-state index in [2.05, 4.69) is 21.8 Å². The maximum absolute atomic E-state index is 13.4. The molecule has 0 saturated carbocycles. The Morgan fingerprint density at radius 1 is 1.11 bits per heavy atom. The van der Waals surface area contributed by atoms with Gasteiger partial charge in [-0.15, -0.1) is 11.3 Å². The molecule has 0 unspecified atom stereocenters. The van der Waals surface area contributed by atoms with Crippen molar-refractivity contribution in [3.8, 4) is 10.6 Å². The van der Waals surface area contributed by atoms with Crippen molar-refractivity contribution in [3.05, 3.63) is 64.5 Å². The molecule has 0 radical (unpaired) electrons. The van der Waals surface area contributed by atoms with Gasteiger partial charge in [0, 0.05) is 48.4 Å². The maximum Gasteiger partial charge on any atom is 0.254 e. The molecule has 5 nitrogen and oxygen atoms in total. The van der Waals surface area contributed by atoms with Crippen molar-refractivity contribution in [2.45, 2.75) is 13.8 Å². The van der Waals surface area contributed by atoms with Gasteiger partial charge >= 0.3 is 0 Å². The van der Waals surface area contributed by atoms with Crippen molar-refractivity contribution in [2.24, 2.45) is 0 Å². The zero-order valence-corrected chi connectivity index (χ0v) is 16.7. The highest BCUT2D eigenvalue weighted by Crippen LogP contribution is 2.28. The van der Waals surface area contributed by atoms with Crippen LogP contribution in [-0.4, -0.2) is 47.0 Å². The van der Waals surface area contributed by atoms with E-state index in [9.17, 15) is 9.18 Å². The van der Waals surface area contributed by atoms with Crippen LogP contribution in [0.15, 0.2) is 42.6 Å². The third kappa shape index (κ3) is 3.75. The van der Waals surface area contributed by atoms with Crippen LogP contribution in [0.3, 0.4) is 0 Å². The fraction of sp³-hybridized carbons (Fsp3) is 0.286. The molecular weight excluding hydrogens is 375 g/mol. The summed E-state index contributed by atoms with van der Waals surface area (Å²) < 4.78 is 13.4. The van der Waals surface area contributed by atoms with Crippen molar-refractivity contribution in [3.63, 3.8) is 0 Å². The van der Waals surface area contributed by atoms with Crippen LogP contribution < -0.4 is 4.90 Å². The molecule has 1 aromatic carbocycles. The number of anilines is 1. The van der Waals surface area contributed by atoms with Crippen molar-refractivity contribution in [1.29, 1.82) is 0 Å². The highest BCUT2D eigenvalue weighted by atomic mass is 32.1. The summed E-state index contributed by atoms with van der Waals surface area (Å²) in [5.41, 5.74) is 2.47. The summed E-state index contributed by atoms with van der Waals surface area (Å²) in [7, 11) is 0. The molecule has 1 aliphatic heterocycles. The fourth-order valence-electron chi connectivity index (χ4n) is 3.24. The zero-order valence-electron chi connectivity index (χ0n) is 15.9. The molecule has 28 heavy (non-hydrogen) atoms. The van der Waals surface area contributed by atoms with Gasteiger partial charge in [-0.3, -0.25) is 4.79 Å². The fourth-order valence-corrected chi connectivity index (χ4v) is 4.14. The van der Waals surface area contributed by atoms with E-state index < -0.39 is 0 Å². The van der Waals surface area contributed by atoms with Gasteiger partial charge in [0.1, 0.15) is 16.6 Å². The van der Waals surface area contributed by atoms with Gasteiger partial charge in [0.05, 0.1) is 5.69 Å². The summed E-state index contributed by atoms with van der Waals surface area (Å²) in [6.07, 6.45) is 1.86. The number of thiazole rings is 1. The van der Waals surface area contributed by atoms with Crippen molar-refractivity contribution >= 4 is 23.1 Å². The van der Waals surface area contributed by atoms with E-state index in [1.54, 1.807) is 28.4 Å². The second-order valence-corrected chi connectivity index (χ2v) is 8.06. The smallest absolute Gasteiger partial charge is 0.254 e. The van der Waals surface area contributed by atoms with E-state index in [-0.39, 0.29) is 11.7 Å². The molecule has 0 bridgehead atoms. The molecule has 7 heteroatoms. The van der Waals surface area contributed by atoms with Crippen LogP contribution in [0.1, 0.15) is 20.9 Å². The number of aryl methyl sites for hydroxylation is 2. The van der Waals surface area contributed by atoms with Crippen LogP contribution in [0.2, 0.25) is 0 Å². The van der Waals surface area contributed by atoms with E-state index >= 15 is 0 Å². The molecule has 0 atom stereocenters. The predicted molar refractivity (Wildman–Crippen MR) is 109 cm³/mol. The standard InChI is InChI=1S/C21H21FN4OS/c1-14-15(2)28-20(24-14)17-6-7-19(23-13-17)25-8-10-26(11-9-25)21(27)16-4-3-5-18(22)12-16/h3-7,12-13H,8-11H2,1-2H3. The zero-order chi connectivity index (χ0) is 19.7. The maximum atomic E-state index is 13.4. The number of hydrogen-bond acceptors (Lipinski definition) is 5. The van der Waals surface area contributed by atoms with E-state index in [1.165, 1.54) is 17.0 Å². The van der Waals surface area contributed by atoms with Crippen molar-refractivity contribution in [2.75, 3.05) is 31.1 Å². The first kappa shape index (κ1) is 18.6. The lowest BCUT2D eigenvalue weighted by Gasteiger charge is -2.35. The molecule has 1 amide bonds. The summed E-state index contributed by atoms with van der Waals surface area (Å²) >= 11 is 1.68. The van der Waals surface area contributed by atoms with E-state index in [0.29, 0.717) is 31.7 Å². The first-order chi connectivity index (χ1) is 13.5. The summed E-state index contributed by atoms with van der Waals surface area (Å²) in [6, 6.07) is 9.90. The topological polar surface area (TPSA) is 49.3 Å². The summed E-state index contributed by atoms with van der Waals surface area (Å²) in [5.74, 6) is 0.378. The quantitative estimate of drug-likeness (QED) is 0.673. The molecule has 0 aliphatic carbocycles. The van der Waals surface area contributed by atoms with Gasteiger partial charge in [-0.25, -0.2) is 14.4 Å². The highest BCUT2D eigenvalue weighted by Gasteiger charge is 2.23. The Bertz CT molecular complexity index is 974. The van der Waals surface area contributed by atoms with Crippen LogP contribution in [0, 0.1) is 19.7 Å². The van der Waals surface area contributed by atoms with Crippen LogP contribution in [0.5, 0.6) is 0 Å². The number of carbonyl (C=O) groups excluding carboxylic acids is 1. The molecule has 3 heterocycles. The Kier molecular flexibility index (Phi) is 5.09. The number of nitrogens with zero attached hydrogens (tertiary/aromatic N) is 4. The first-order valence-corrected chi connectivity index (χ1v) is 10.0. The van der Waals surface area contributed by atoms with Gasteiger partial charge in [-0.2, -0.15) is 0 Å². The highest BCUT2D eigenvalue weighted by molar-refractivity contribution is 7.15. The Labute approximate surface area is 167 Å². The molecular formula is C21H21FN4OS. The van der Waals surface area contributed by atoms with Gasteiger partial charge in [0.25, 0.3) is 5.91 Å². The number of piperazine rings is 1. The summed E-state index contributed by atoms with van der Waals surface area (Å²) in [4.78, 5) is 26.9. The number of hydrogen-bond donors (Lipinski definition) is 0. The number of halogens is 1. The minimum atomic E-state index is -0.389. The second-order valence-electron chi connectivity index (χ2n) is 6.86. The normalized spacial score (nSPS) is 14.4. The molecule has 4 rings (SSSR count). The summed E-state index contributed by atoms with van der Waals surface area (Å²) in [5, 5.41) is 0.986. The third-order valence-electron chi connectivity index (χ3n) is 4.99. The Balaban J connectivity index is 1.40. The Morgan fingerprint density at radius 2 is 1.89 bits per heavy atom. The SMILES string of the molecule is Cc1nc(-c2ccc(N3CCN(C(=O)c4cccc(F)c4)CC3)nc2)sc1C. The lowest BCUT2D eigenvalue weighted by Crippen LogP contribution is -2.49. The van der Waals surface area contributed by atoms with Gasteiger partial charge < -0.3 is 9.80 Å². The van der Waals surface area contributed by atoms with Crippen molar-refractivity contribution in [1.82, 2.24) is 14.9 Å². The molecule has 1 saturated heterocycles. The molecule has 3 aromatic rings. The van der Waals surface area contributed by atoms with Gasteiger partial charge in [-0.1, -0.05) is 6.07 Å². The number of rotatable bonds is 3. The minimum absolute atomic E-state index is 0.128. The first-order valence-electron chi connectivity index (χ1n) is 9.21. The number of amides is 1. The molecule has 0 N–H and O–H groups in total. The van der Waals surface area contributed by atoms with Gasteiger partial charge in [-0.05, 0) is 44.2 Å². The van der Waals surface area contributed by atoms with Crippen LogP contribution in [0.4, 0.5) is 10.2 Å². The molecule has 2 aromatic heterocycles. The molecule has 1 aliphatic rings. The molecule has 1 fully saturated rings. The second kappa shape index (κ2) is 7.67. The average Bonchev–Trinajstić information content (AvgIpc) is 3.06. The summed E-state index contributed by atoms with van der Waals surface area (Å²) in [6.45, 7) is 6.66. The van der Waals surface area contributed by atoms with Gasteiger partial charge in [0.15, 0.2) is 0 Å². The van der Waals surface area contributed by atoms with Crippen LogP contribution in [0.25, 0.3) is 10.6 Å². The van der Waals surface area contributed by atoms with E-state index in [1.807, 2.05) is 25.3 Å². The monoisotopic (exact) mass is 396 g/mol. The number of aromatic nitrogens is 2. The van der Waals surface area contributed by atoms with Crippen LogP contribution in [-0.2, 0) is 0 Å². The van der Waals surface area contributed by atoms with Gasteiger partial charge in [0.2, 0.25) is 0 Å². The lowest BCUT2D eigenvalue weighted by molar-refractivity contribution is 0.0746. The largest absolute Gasteiger partial charge is 0.353 e. The Hall–Kier alpha value is -2.80. The Morgan fingerprint density at radius 3 is 2.50 bits per heavy atom. The van der Waals surface area contributed by atoms with Crippen molar-refractivity contribution < 1.29 is 9.18 Å². The number of benzene rings is 1. The third-order valence-corrected chi connectivity index (χ3v) is 6.11. The number of pyridine rings is 1. The minimum Gasteiger partial charge on any atom is -0.353 e. The van der Waals surface area contributed by atoms with E-state index in [4.69, 9.17) is 0 Å². The average molecular weight is 396 g/mol. The molecule has 0 spiro atoms. The lowest BCUT2D eigenvalue weighted by atomic mass is 10.1. The van der Waals surface area contributed by atoms with E-state index in [0.717, 1.165) is 22.1 Å². The van der Waals surface area contributed by atoms with Crippen LogP contribution >= 0.6 is 11.3 Å². The molecule has 144 valence electrons.